The first-order valence-corrected chi connectivity index (χ1v) is 12.8. The third kappa shape index (κ3) is 4.90. The Morgan fingerprint density at radius 3 is 2.39 bits per heavy atom. The van der Waals surface area contributed by atoms with Crippen LogP contribution in [0.4, 0.5) is 16.2 Å². The molecule has 2 heterocycles. The number of hydrogen-bond acceptors (Lipinski definition) is 4. The number of anilines is 2. The van der Waals surface area contributed by atoms with Crippen molar-refractivity contribution in [1.29, 1.82) is 0 Å². The molecule has 2 amide bonds. The fourth-order valence-electron chi connectivity index (χ4n) is 4.27. The molecule has 1 saturated heterocycles. The number of amidine groups is 1. The molecule has 3 aromatic carbocycles. The van der Waals surface area contributed by atoms with Gasteiger partial charge in [-0.15, -0.1) is 5.10 Å². The first-order chi connectivity index (χ1) is 17.4. The van der Waals surface area contributed by atoms with Gasteiger partial charge in [-0.1, -0.05) is 47.7 Å². The minimum absolute atomic E-state index is 0.257. The highest BCUT2D eigenvalue weighted by molar-refractivity contribution is 8.14. The first kappa shape index (κ1) is 23.8. The molecule has 7 nitrogen and oxygen atoms in total. The maximum absolute atomic E-state index is 12.8. The van der Waals surface area contributed by atoms with Crippen LogP contribution in [0.25, 0.3) is 17.1 Å². The van der Waals surface area contributed by atoms with Gasteiger partial charge in [0.1, 0.15) is 6.33 Å². The van der Waals surface area contributed by atoms with Gasteiger partial charge in [-0.2, -0.15) is 4.99 Å². The van der Waals surface area contributed by atoms with Gasteiger partial charge in [-0.05, 0) is 75.2 Å². The summed E-state index contributed by atoms with van der Waals surface area (Å²) in [5, 5.41) is 8.20. The Balaban J connectivity index is 1.30. The number of thioether (sulfide) groups is 1. The number of para-hydroxylation sites is 1. The van der Waals surface area contributed by atoms with Gasteiger partial charge in [0, 0.05) is 28.7 Å². The van der Waals surface area contributed by atoms with Gasteiger partial charge < -0.3 is 10.2 Å². The van der Waals surface area contributed by atoms with Gasteiger partial charge in [0.15, 0.2) is 11.0 Å². The highest BCUT2D eigenvalue weighted by Gasteiger charge is 2.30. The lowest BCUT2D eigenvalue weighted by Crippen LogP contribution is -2.33. The lowest BCUT2D eigenvalue weighted by atomic mass is 10.1. The van der Waals surface area contributed by atoms with Crippen molar-refractivity contribution in [3.8, 4) is 17.1 Å². The summed E-state index contributed by atoms with van der Waals surface area (Å²) in [6.45, 7) is 8.40. The molecule has 1 aromatic heterocycles. The molecule has 1 atom stereocenters. The molecular weight excluding hydrogens is 468 g/mol. The van der Waals surface area contributed by atoms with E-state index in [1.54, 1.807) is 22.8 Å². The number of amides is 2. The topological polar surface area (TPSA) is 75.4 Å². The molecular formula is C28H28N6OS. The Kier molecular flexibility index (Phi) is 6.61. The first-order valence-electron chi connectivity index (χ1n) is 11.9. The van der Waals surface area contributed by atoms with E-state index in [0.29, 0.717) is 11.5 Å². The smallest absolute Gasteiger partial charge is 0.317 e. The molecule has 0 aliphatic carbocycles. The zero-order valence-electron chi connectivity index (χ0n) is 20.8. The van der Waals surface area contributed by atoms with Crippen LogP contribution < -0.4 is 10.2 Å². The fourth-order valence-corrected chi connectivity index (χ4v) is 5.37. The standard InChI is InChI=1S/C28H28N6OS/c1-18-8-14-24(15-9-18)33-17-29-26(32-33)22-10-12-23(13-11-22)30-27(35)31-28-34(21(4)16-36-28)25-19(2)6-5-7-20(25)3/h5-15,17,21H,16H2,1-4H3,(H,30,35). The Morgan fingerprint density at radius 1 is 1.00 bits per heavy atom. The van der Waals surface area contributed by atoms with Crippen LogP contribution >= 0.6 is 11.8 Å². The van der Waals surface area contributed by atoms with Crippen molar-refractivity contribution in [2.75, 3.05) is 16.0 Å². The third-order valence-corrected chi connectivity index (χ3v) is 7.36. The molecule has 0 saturated carbocycles. The number of nitrogens with zero attached hydrogens (tertiary/aromatic N) is 5. The van der Waals surface area contributed by atoms with Gasteiger partial charge in [-0.25, -0.2) is 14.5 Å². The number of carbonyl (C=O) groups is 1. The Labute approximate surface area is 215 Å². The number of aromatic nitrogens is 3. The van der Waals surface area contributed by atoms with Crippen molar-refractivity contribution >= 4 is 34.3 Å². The van der Waals surface area contributed by atoms with Crippen LogP contribution in [0.2, 0.25) is 0 Å². The molecule has 8 heteroatoms. The van der Waals surface area contributed by atoms with Gasteiger partial charge in [-0.3, -0.25) is 0 Å². The Hall–Kier alpha value is -3.91. The maximum Gasteiger partial charge on any atom is 0.347 e. The van der Waals surface area contributed by atoms with Crippen molar-refractivity contribution in [3.63, 3.8) is 0 Å². The quantitative estimate of drug-likeness (QED) is 0.354. The number of urea groups is 1. The normalized spacial score (nSPS) is 16.5. The zero-order valence-corrected chi connectivity index (χ0v) is 21.6. The lowest BCUT2D eigenvalue weighted by Gasteiger charge is -2.26. The van der Waals surface area contributed by atoms with Gasteiger partial charge in [0.25, 0.3) is 0 Å². The molecule has 1 aliphatic rings. The number of hydrogen-bond donors (Lipinski definition) is 1. The molecule has 182 valence electrons. The van der Waals surface area contributed by atoms with Crippen molar-refractivity contribution in [3.05, 3.63) is 89.7 Å². The Bertz CT molecular complexity index is 1410. The Morgan fingerprint density at radius 2 is 1.69 bits per heavy atom. The van der Waals surface area contributed by atoms with E-state index in [-0.39, 0.29) is 6.04 Å². The second-order valence-electron chi connectivity index (χ2n) is 9.02. The van der Waals surface area contributed by atoms with E-state index in [1.165, 1.54) is 16.7 Å². The average Bonchev–Trinajstić information content (AvgIpc) is 3.48. The van der Waals surface area contributed by atoms with Crippen molar-refractivity contribution < 1.29 is 4.79 Å². The second kappa shape index (κ2) is 9.99. The monoisotopic (exact) mass is 496 g/mol. The second-order valence-corrected chi connectivity index (χ2v) is 10.0. The predicted octanol–water partition coefficient (Wildman–Crippen LogP) is 6.39. The number of rotatable bonds is 4. The molecule has 1 N–H and O–H groups in total. The van der Waals surface area contributed by atoms with E-state index in [2.05, 4.69) is 71.2 Å². The molecule has 0 radical (unpaired) electrons. The summed E-state index contributed by atoms with van der Waals surface area (Å²) in [6, 6.07) is 21.7. The molecule has 0 spiro atoms. The highest BCUT2D eigenvalue weighted by Crippen LogP contribution is 2.34. The summed E-state index contributed by atoms with van der Waals surface area (Å²) in [6.07, 6.45) is 1.70. The van der Waals surface area contributed by atoms with Crippen molar-refractivity contribution in [2.24, 2.45) is 4.99 Å². The number of benzene rings is 3. The summed E-state index contributed by atoms with van der Waals surface area (Å²) in [5.74, 6) is 1.51. The summed E-state index contributed by atoms with van der Waals surface area (Å²) in [5.41, 5.74) is 7.16. The van der Waals surface area contributed by atoms with Gasteiger partial charge in [0.05, 0.1) is 5.69 Å². The molecule has 0 bridgehead atoms. The van der Waals surface area contributed by atoms with E-state index in [1.807, 2.05) is 48.5 Å². The summed E-state index contributed by atoms with van der Waals surface area (Å²) in [7, 11) is 0. The number of nitrogens with one attached hydrogen (secondary N) is 1. The molecule has 4 aromatic rings. The SMILES string of the molecule is Cc1ccc(-n2cnc(-c3ccc(NC(=O)N=C4SCC(C)N4c4c(C)cccc4C)cc3)n2)cc1. The van der Waals surface area contributed by atoms with Gasteiger partial charge in [0.2, 0.25) is 0 Å². The van der Waals surface area contributed by atoms with Crippen LogP contribution in [0.3, 0.4) is 0 Å². The molecule has 5 rings (SSSR count). The van der Waals surface area contributed by atoms with Crippen LogP contribution in [0.5, 0.6) is 0 Å². The van der Waals surface area contributed by atoms with Crippen LogP contribution in [0.1, 0.15) is 23.6 Å². The van der Waals surface area contributed by atoms with Gasteiger partial charge >= 0.3 is 6.03 Å². The molecule has 1 fully saturated rings. The summed E-state index contributed by atoms with van der Waals surface area (Å²) in [4.78, 5) is 23.8. The molecule has 1 aliphatic heterocycles. The minimum Gasteiger partial charge on any atom is -0.317 e. The maximum atomic E-state index is 12.8. The van der Waals surface area contributed by atoms with E-state index in [0.717, 1.165) is 27.9 Å². The number of carbonyl (C=O) groups excluding carboxylic acids is 1. The summed E-state index contributed by atoms with van der Waals surface area (Å²) >= 11 is 1.61. The molecule has 1 unspecified atom stereocenters. The largest absolute Gasteiger partial charge is 0.347 e. The van der Waals surface area contributed by atoms with E-state index >= 15 is 0 Å². The van der Waals surface area contributed by atoms with Crippen molar-refractivity contribution in [1.82, 2.24) is 14.8 Å². The van der Waals surface area contributed by atoms with Crippen LogP contribution in [-0.2, 0) is 0 Å². The fraction of sp³-hybridized carbons (Fsp3) is 0.214. The third-order valence-electron chi connectivity index (χ3n) is 6.16. The average molecular weight is 497 g/mol. The van der Waals surface area contributed by atoms with Crippen LogP contribution in [0.15, 0.2) is 78.0 Å². The highest BCUT2D eigenvalue weighted by atomic mass is 32.2. The summed E-state index contributed by atoms with van der Waals surface area (Å²) < 4.78 is 1.75. The molecule has 36 heavy (non-hydrogen) atoms. The van der Waals surface area contributed by atoms with Crippen LogP contribution in [-0.4, -0.2) is 37.8 Å². The minimum atomic E-state index is -0.391. The number of aryl methyl sites for hydroxylation is 3. The predicted molar refractivity (Wildman–Crippen MR) is 148 cm³/mol. The van der Waals surface area contributed by atoms with E-state index in [4.69, 9.17) is 0 Å². The lowest BCUT2D eigenvalue weighted by molar-refractivity contribution is 0.259. The van der Waals surface area contributed by atoms with E-state index in [9.17, 15) is 4.79 Å². The van der Waals surface area contributed by atoms with Crippen molar-refractivity contribution in [2.45, 2.75) is 33.7 Å². The zero-order chi connectivity index (χ0) is 25.2. The number of aliphatic imine (C=N–C) groups is 1. The van der Waals surface area contributed by atoms with Crippen LogP contribution in [0, 0.1) is 20.8 Å². The van der Waals surface area contributed by atoms with E-state index < -0.39 is 6.03 Å².